The first-order chi connectivity index (χ1) is 9.99. The van der Waals surface area contributed by atoms with Gasteiger partial charge in [-0.25, -0.2) is 0 Å². The van der Waals surface area contributed by atoms with Gasteiger partial charge in [0.15, 0.2) is 11.5 Å². The van der Waals surface area contributed by atoms with Gasteiger partial charge in [-0.1, -0.05) is 6.07 Å². The molecule has 0 saturated carbocycles. The second-order valence-corrected chi connectivity index (χ2v) is 5.42. The summed E-state index contributed by atoms with van der Waals surface area (Å²) in [5.74, 6) is 0.286. The molecule has 2 unspecified atom stereocenters. The van der Waals surface area contributed by atoms with E-state index in [0.717, 1.165) is 25.1 Å². The van der Waals surface area contributed by atoms with Gasteiger partial charge in [-0.2, -0.15) is 0 Å². The van der Waals surface area contributed by atoms with Gasteiger partial charge in [0, 0.05) is 13.1 Å². The molecule has 116 valence electrons. The average molecular weight is 294 g/mol. The van der Waals surface area contributed by atoms with Crippen molar-refractivity contribution in [2.75, 3.05) is 27.2 Å². The van der Waals surface area contributed by atoms with Crippen molar-refractivity contribution in [2.24, 2.45) is 5.73 Å². The van der Waals surface area contributed by atoms with Crippen molar-refractivity contribution in [1.29, 1.82) is 0 Å². The van der Waals surface area contributed by atoms with Crippen molar-refractivity contribution in [1.82, 2.24) is 4.90 Å². The Morgan fingerprint density at radius 1 is 1.52 bits per heavy atom. The summed E-state index contributed by atoms with van der Waals surface area (Å²) in [7, 11) is 3.64. The number of likely N-dealkylation sites (N-methyl/N-ethyl adjacent to an activating group) is 1. The number of nitrogens with two attached hydrogens (primary N) is 1. The number of benzene rings is 1. The fourth-order valence-corrected chi connectivity index (χ4v) is 2.45. The molecule has 21 heavy (non-hydrogen) atoms. The Labute approximate surface area is 124 Å². The van der Waals surface area contributed by atoms with Crippen molar-refractivity contribution in [2.45, 2.75) is 25.0 Å². The Morgan fingerprint density at radius 3 is 2.86 bits per heavy atom. The highest BCUT2D eigenvalue weighted by Gasteiger charge is 2.22. The van der Waals surface area contributed by atoms with E-state index < -0.39 is 12.0 Å². The Balaban J connectivity index is 2.07. The molecule has 0 amide bonds. The van der Waals surface area contributed by atoms with E-state index in [9.17, 15) is 4.79 Å². The van der Waals surface area contributed by atoms with Crippen molar-refractivity contribution in [3.8, 4) is 11.5 Å². The summed E-state index contributed by atoms with van der Waals surface area (Å²) in [6.45, 7) is 1.92. The molecular formula is C15H22N2O4. The molecule has 1 aromatic rings. The van der Waals surface area contributed by atoms with E-state index in [1.807, 2.05) is 12.1 Å². The number of aliphatic carboxylic acids is 1. The fourth-order valence-electron chi connectivity index (χ4n) is 2.45. The Bertz CT molecular complexity index is 506. The molecule has 3 N–H and O–H groups in total. The summed E-state index contributed by atoms with van der Waals surface area (Å²) < 4.78 is 11.3. The van der Waals surface area contributed by atoms with E-state index in [0.29, 0.717) is 11.5 Å². The zero-order valence-electron chi connectivity index (χ0n) is 12.4. The van der Waals surface area contributed by atoms with Crippen LogP contribution in [-0.4, -0.2) is 55.4 Å². The first-order valence-corrected chi connectivity index (χ1v) is 7.00. The van der Waals surface area contributed by atoms with E-state index in [4.69, 9.17) is 20.3 Å². The highest BCUT2D eigenvalue weighted by molar-refractivity contribution is 5.73. The van der Waals surface area contributed by atoms with Gasteiger partial charge < -0.3 is 25.2 Å². The van der Waals surface area contributed by atoms with E-state index in [1.54, 1.807) is 13.2 Å². The number of likely N-dealkylation sites (tertiary alicyclic amines) is 1. The third-order valence-corrected chi connectivity index (χ3v) is 3.64. The number of ether oxygens (including phenoxy) is 2. The molecule has 2 rings (SSSR count). The molecule has 1 aromatic carbocycles. The van der Waals surface area contributed by atoms with Gasteiger partial charge in [-0.3, -0.25) is 4.79 Å². The second kappa shape index (κ2) is 6.78. The van der Waals surface area contributed by atoms with E-state index in [1.165, 1.54) is 0 Å². The number of methoxy groups -OCH3 is 1. The number of nitrogens with zero attached hydrogens (tertiary/aromatic N) is 1. The van der Waals surface area contributed by atoms with Gasteiger partial charge >= 0.3 is 5.97 Å². The van der Waals surface area contributed by atoms with Crippen molar-refractivity contribution in [3.63, 3.8) is 0 Å². The first-order valence-electron chi connectivity index (χ1n) is 7.00. The van der Waals surface area contributed by atoms with Gasteiger partial charge in [0.05, 0.1) is 7.11 Å². The minimum Gasteiger partial charge on any atom is -0.493 e. The van der Waals surface area contributed by atoms with Crippen LogP contribution in [0.2, 0.25) is 0 Å². The summed E-state index contributed by atoms with van der Waals surface area (Å²) in [5, 5.41) is 8.85. The molecule has 2 atom stereocenters. The lowest BCUT2D eigenvalue weighted by atomic mass is 10.1. The third-order valence-electron chi connectivity index (χ3n) is 3.64. The molecule has 0 spiro atoms. The van der Waals surface area contributed by atoms with Crippen LogP contribution in [0.15, 0.2) is 18.2 Å². The molecule has 0 radical (unpaired) electrons. The second-order valence-electron chi connectivity index (χ2n) is 5.42. The van der Waals surface area contributed by atoms with Crippen LogP contribution in [0.1, 0.15) is 12.0 Å². The number of hydrogen-bond acceptors (Lipinski definition) is 5. The van der Waals surface area contributed by atoms with Crippen LogP contribution in [0.25, 0.3) is 0 Å². The van der Waals surface area contributed by atoms with Crippen LogP contribution in [0.5, 0.6) is 11.5 Å². The fraction of sp³-hybridized carbons (Fsp3) is 0.533. The van der Waals surface area contributed by atoms with Crippen LogP contribution in [-0.2, 0) is 11.2 Å². The van der Waals surface area contributed by atoms with E-state index in [2.05, 4.69) is 11.9 Å². The van der Waals surface area contributed by atoms with Crippen LogP contribution in [0.4, 0.5) is 0 Å². The number of carboxylic acids is 1. The number of hydrogen-bond donors (Lipinski definition) is 2. The third kappa shape index (κ3) is 4.09. The van der Waals surface area contributed by atoms with Crippen LogP contribution >= 0.6 is 0 Å². The van der Waals surface area contributed by atoms with Gasteiger partial charge in [0.2, 0.25) is 0 Å². The largest absolute Gasteiger partial charge is 0.493 e. The van der Waals surface area contributed by atoms with Crippen LogP contribution < -0.4 is 15.2 Å². The molecule has 6 heteroatoms. The average Bonchev–Trinajstić information content (AvgIpc) is 2.85. The summed E-state index contributed by atoms with van der Waals surface area (Å²) >= 11 is 0. The number of carboxylic acid groups (broad SMARTS) is 1. The van der Waals surface area contributed by atoms with Gasteiger partial charge in [-0.15, -0.1) is 0 Å². The molecule has 1 aliphatic rings. The summed E-state index contributed by atoms with van der Waals surface area (Å²) in [4.78, 5) is 13.0. The van der Waals surface area contributed by atoms with Crippen molar-refractivity contribution >= 4 is 5.97 Å². The quantitative estimate of drug-likeness (QED) is 0.804. The molecule has 0 bridgehead atoms. The van der Waals surface area contributed by atoms with Crippen LogP contribution in [0, 0.1) is 0 Å². The normalized spacial score (nSPS) is 20.2. The molecule has 1 aliphatic heterocycles. The molecule has 6 nitrogen and oxygen atoms in total. The summed E-state index contributed by atoms with van der Waals surface area (Å²) in [6, 6.07) is 4.53. The topological polar surface area (TPSA) is 85.0 Å². The van der Waals surface area contributed by atoms with Gasteiger partial charge in [0.25, 0.3) is 0 Å². The van der Waals surface area contributed by atoms with Crippen molar-refractivity contribution < 1.29 is 19.4 Å². The standard InChI is InChI=1S/C15H22N2O4/c1-17-6-5-11(9-17)21-13-4-3-10(8-14(13)20-2)7-12(16)15(18)19/h3-4,8,11-12H,5-7,9,16H2,1-2H3,(H,18,19). The maximum Gasteiger partial charge on any atom is 0.320 e. The molecule has 1 saturated heterocycles. The predicted octanol–water partition coefficient (Wildman–Crippen LogP) is 0.733. The Kier molecular flexibility index (Phi) is 5.03. The van der Waals surface area contributed by atoms with Gasteiger partial charge in [0.1, 0.15) is 12.1 Å². The summed E-state index contributed by atoms with van der Waals surface area (Å²) in [6.07, 6.45) is 1.42. The molecule has 1 fully saturated rings. The van der Waals surface area contributed by atoms with Crippen LogP contribution in [0.3, 0.4) is 0 Å². The van der Waals surface area contributed by atoms with E-state index in [-0.39, 0.29) is 12.5 Å². The zero-order chi connectivity index (χ0) is 15.4. The lowest BCUT2D eigenvalue weighted by molar-refractivity contribution is -0.138. The van der Waals surface area contributed by atoms with Gasteiger partial charge in [-0.05, 0) is 37.6 Å². The maximum absolute atomic E-state index is 10.8. The Morgan fingerprint density at radius 2 is 2.29 bits per heavy atom. The highest BCUT2D eigenvalue weighted by atomic mass is 16.5. The van der Waals surface area contributed by atoms with E-state index >= 15 is 0 Å². The smallest absolute Gasteiger partial charge is 0.320 e. The lowest BCUT2D eigenvalue weighted by Gasteiger charge is -2.17. The highest BCUT2D eigenvalue weighted by Crippen LogP contribution is 2.30. The minimum atomic E-state index is -1.01. The molecule has 1 heterocycles. The maximum atomic E-state index is 10.8. The number of rotatable bonds is 6. The lowest BCUT2D eigenvalue weighted by Crippen LogP contribution is -2.32. The molecular weight excluding hydrogens is 272 g/mol. The molecule has 0 aliphatic carbocycles. The zero-order valence-corrected chi connectivity index (χ0v) is 12.4. The van der Waals surface area contributed by atoms with Crippen molar-refractivity contribution in [3.05, 3.63) is 23.8 Å². The first kappa shape index (κ1) is 15.6. The SMILES string of the molecule is COc1cc(CC(N)C(=O)O)ccc1OC1CCN(C)C1. The monoisotopic (exact) mass is 294 g/mol. The number of carbonyl (C=O) groups is 1. The molecule has 0 aromatic heterocycles. The summed E-state index contributed by atoms with van der Waals surface area (Å²) in [5.41, 5.74) is 6.37. The predicted molar refractivity (Wildman–Crippen MR) is 78.8 cm³/mol. The minimum absolute atomic E-state index is 0.163. The Hall–Kier alpha value is -1.79.